The molecule has 18 heavy (non-hydrogen) atoms. The third-order valence-corrected chi connectivity index (χ3v) is 2.79. The van der Waals surface area contributed by atoms with E-state index in [1.165, 1.54) is 0 Å². The van der Waals surface area contributed by atoms with Crippen molar-refractivity contribution in [2.24, 2.45) is 0 Å². The summed E-state index contributed by atoms with van der Waals surface area (Å²) in [5, 5.41) is 9.77. The van der Waals surface area contributed by atoms with Crippen molar-refractivity contribution in [1.82, 2.24) is 0 Å². The number of methoxy groups -OCH3 is 3. The Morgan fingerprint density at radius 1 is 1.00 bits per heavy atom. The van der Waals surface area contributed by atoms with Crippen molar-refractivity contribution >= 4 is 0 Å². The molecule has 0 amide bonds. The lowest BCUT2D eigenvalue weighted by Gasteiger charge is -2.19. The lowest BCUT2D eigenvalue weighted by molar-refractivity contribution is 0.0712. The largest absolute Gasteiger partial charge is 0.493 e. The van der Waals surface area contributed by atoms with Crippen LogP contribution in [0.25, 0.3) is 0 Å². The normalized spacial score (nSPS) is 11.2. The fraction of sp³-hybridized carbons (Fsp3) is 0.571. The Hall–Kier alpha value is -1.42. The highest BCUT2D eigenvalue weighted by molar-refractivity contribution is 5.55. The van der Waals surface area contributed by atoms with E-state index in [2.05, 4.69) is 0 Å². The van der Waals surface area contributed by atoms with Gasteiger partial charge in [0.2, 0.25) is 5.75 Å². The molecular weight excluding hydrogens is 232 g/mol. The summed E-state index contributed by atoms with van der Waals surface area (Å²) in [4.78, 5) is 0. The van der Waals surface area contributed by atoms with E-state index in [1.54, 1.807) is 35.2 Å². The van der Waals surface area contributed by atoms with Crippen LogP contribution in [-0.4, -0.2) is 32.0 Å². The molecule has 0 atom stereocenters. The van der Waals surface area contributed by atoms with Crippen molar-refractivity contribution in [3.8, 4) is 17.2 Å². The zero-order valence-electron chi connectivity index (χ0n) is 11.7. The van der Waals surface area contributed by atoms with Gasteiger partial charge in [-0.2, -0.15) is 0 Å². The number of benzene rings is 1. The zero-order valence-corrected chi connectivity index (χ0v) is 11.7. The van der Waals surface area contributed by atoms with Gasteiger partial charge in [-0.15, -0.1) is 0 Å². The molecule has 4 nitrogen and oxygen atoms in total. The molecule has 1 N–H and O–H groups in total. The molecular formula is C14H22O4. The minimum atomic E-state index is -0.696. The first-order valence-electron chi connectivity index (χ1n) is 5.93. The van der Waals surface area contributed by atoms with E-state index in [9.17, 15) is 5.11 Å². The summed E-state index contributed by atoms with van der Waals surface area (Å²) >= 11 is 0. The van der Waals surface area contributed by atoms with Crippen LogP contribution in [0, 0.1) is 0 Å². The highest BCUT2D eigenvalue weighted by Crippen LogP contribution is 2.40. The molecule has 0 unspecified atom stereocenters. The van der Waals surface area contributed by atoms with Crippen LogP contribution in [0.2, 0.25) is 0 Å². The molecule has 1 aromatic rings. The summed E-state index contributed by atoms with van der Waals surface area (Å²) in [6.07, 6.45) is 1.37. The van der Waals surface area contributed by atoms with Gasteiger partial charge >= 0.3 is 0 Å². The molecule has 0 saturated carbocycles. The highest BCUT2D eigenvalue weighted by Gasteiger charge is 2.18. The zero-order chi connectivity index (χ0) is 13.8. The number of ether oxygens (including phenoxy) is 3. The molecule has 0 heterocycles. The number of aryl methyl sites for hydroxylation is 1. The van der Waals surface area contributed by atoms with Crippen LogP contribution >= 0.6 is 0 Å². The Morgan fingerprint density at radius 2 is 1.61 bits per heavy atom. The van der Waals surface area contributed by atoms with Gasteiger partial charge in [0, 0.05) is 0 Å². The van der Waals surface area contributed by atoms with Crippen LogP contribution in [0.3, 0.4) is 0 Å². The van der Waals surface area contributed by atoms with E-state index in [1.807, 2.05) is 12.1 Å². The molecule has 102 valence electrons. The van der Waals surface area contributed by atoms with Crippen molar-refractivity contribution in [1.29, 1.82) is 0 Å². The first kappa shape index (κ1) is 14.6. The second-order valence-corrected chi connectivity index (χ2v) is 4.81. The van der Waals surface area contributed by atoms with Crippen LogP contribution in [0.5, 0.6) is 17.2 Å². The topological polar surface area (TPSA) is 47.9 Å². The number of hydrogen-bond donors (Lipinski definition) is 1. The Balaban J connectivity index is 3.05. The van der Waals surface area contributed by atoms with Crippen molar-refractivity contribution < 1.29 is 19.3 Å². The van der Waals surface area contributed by atoms with E-state index >= 15 is 0 Å². The fourth-order valence-electron chi connectivity index (χ4n) is 1.80. The molecule has 0 spiro atoms. The van der Waals surface area contributed by atoms with Gasteiger partial charge in [0.1, 0.15) is 0 Å². The molecule has 0 fully saturated rings. The number of hydrogen-bond acceptors (Lipinski definition) is 4. The quantitative estimate of drug-likeness (QED) is 0.847. The molecule has 1 aromatic carbocycles. The van der Waals surface area contributed by atoms with Gasteiger partial charge < -0.3 is 19.3 Å². The lowest BCUT2D eigenvalue weighted by atomic mass is 9.98. The molecule has 4 heteroatoms. The maximum atomic E-state index is 9.77. The maximum absolute atomic E-state index is 9.77. The second-order valence-electron chi connectivity index (χ2n) is 4.81. The van der Waals surface area contributed by atoms with Crippen LogP contribution in [-0.2, 0) is 6.42 Å². The van der Waals surface area contributed by atoms with E-state index in [4.69, 9.17) is 14.2 Å². The van der Waals surface area contributed by atoms with E-state index in [0.29, 0.717) is 30.1 Å². The lowest BCUT2D eigenvalue weighted by Crippen LogP contribution is -2.19. The highest BCUT2D eigenvalue weighted by atomic mass is 16.5. The minimum Gasteiger partial charge on any atom is -0.493 e. The predicted molar refractivity (Wildman–Crippen MR) is 70.7 cm³/mol. The summed E-state index contributed by atoms with van der Waals surface area (Å²) in [5.41, 5.74) is 0.301. The SMILES string of the molecule is COc1ccc(CCC(C)(C)O)c(OC)c1OC. The van der Waals surface area contributed by atoms with Crippen LogP contribution in [0.1, 0.15) is 25.8 Å². The third-order valence-electron chi connectivity index (χ3n) is 2.79. The van der Waals surface area contributed by atoms with Gasteiger partial charge in [-0.05, 0) is 38.3 Å². The Kier molecular flexibility index (Phi) is 4.84. The van der Waals surface area contributed by atoms with Crippen molar-refractivity contribution in [3.63, 3.8) is 0 Å². The molecule has 0 aliphatic heterocycles. The average Bonchev–Trinajstić information content (AvgIpc) is 2.33. The second kappa shape index (κ2) is 5.96. The number of aliphatic hydroxyl groups is 1. The molecule has 0 aliphatic carbocycles. The molecule has 0 aromatic heterocycles. The van der Waals surface area contributed by atoms with Gasteiger partial charge in [0.25, 0.3) is 0 Å². The van der Waals surface area contributed by atoms with Crippen molar-refractivity contribution in [3.05, 3.63) is 17.7 Å². The average molecular weight is 254 g/mol. The van der Waals surface area contributed by atoms with Crippen LogP contribution < -0.4 is 14.2 Å². The summed E-state index contributed by atoms with van der Waals surface area (Å²) in [6.45, 7) is 3.58. The summed E-state index contributed by atoms with van der Waals surface area (Å²) in [7, 11) is 4.78. The molecule has 1 rings (SSSR count). The molecule has 0 aliphatic rings. The van der Waals surface area contributed by atoms with E-state index in [-0.39, 0.29) is 0 Å². The molecule has 0 saturated heterocycles. The smallest absolute Gasteiger partial charge is 0.203 e. The Bertz CT molecular complexity index is 394. The summed E-state index contributed by atoms with van der Waals surface area (Å²) in [6, 6.07) is 3.78. The van der Waals surface area contributed by atoms with Crippen molar-refractivity contribution in [2.45, 2.75) is 32.3 Å². The van der Waals surface area contributed by atoms with Gasteiger partial charge in [-0.1, -0.05) is 6.07 Å². The van der Waals surface area contributed by atoms with Gasteiger partial charge in [0.05, 0.1) is 26.9 Å². The number of rotatable bonds is 6. The maximum Gasteiger partial charge on any atom is 0.203 e. The van der Waals surface area contributed by atoms with Gasteiger partial charge in [-0.3, -0.25) is 0 Å². The van der Waals surface area contributed by atoms with Crippen LogP contribution in [0.15, 0.2) is 12.1 Å². The Morgan fingerprint density at radius 3 is 2.06 bits per heavy atom. The van der Waals surface area contributed by atoms with Gasteiger partial charge in [0.15, 0.2) is 11.5 Å². The monoisotopic (exact) mass is 254 g/mol. The summed E-state index contributed by atoms with van der Waals surface area (Å²) in [5.74, 6) is 1.90. The predicted octanol–water partition coefficient (Wildman–Crippen LogP) is 2.42. The van der Waals surface area contributed by atoms with E-state index < -0.39 is 5.60 Å². The van der Waals surface area contributed by atoms with Crippen molar-refractivity contribution in [2.75, 3.05) is 21.3 Å². The van der Waals surface area contributed by atoms with E-state index in [0.717, 1.165) is 5.56 Å². The van der Waals surface area contributed by atoms with Gasteiger partial charge in [-0.25, -0.2) is 0 Å². The molecule has 0 radical (unpaired) electrons. The molecule has 0 bridgehead atoms. The summed E-state index contributed by atoms with van der Waals surface area (Å²) < 4.78 is 15.9. The first-order chi connectivity index (χ1) is 8.42. The third kappa shape index (κ3) is 3.53. The first-order valence-corrected chi connectivity index (χ1v) is 5.93. The minimum absolute atomic E-state index is 0.591. The van der Waals surface area contributed by atoms with Crippen LogP contribution in [0.4, 0.5) is 0 Å². The Labute approximate surface area is 108 Å². The fourth-order valence-corrected chi connectivity index (χ4v) is 1.80. The standard InChI is InChI=1S/C14H22O4/c1-14(2,15)9-8-10-6-7-11(16-3)13(18-5)12(10)17-4/h6-7,15H,8-9H2,1-5H3.